The van der Waals surface area contributed by atoms with Gasteiger partial charge in [-0.1, -0.05) is 0 Å². The number of aliphatic hydroxyl groups is 17. The van der Waals surface area contributed by atoms with E-state index in [1.54, 1.807) is 0 Å². The predicted molar refractivity (Wildman–Crippen MR) is 167 cm³/mol. The summed E-state index contributed by atoms with van der Waals surface area (Å²) in [5, 5.41) is 177. The van der Waals surface area contributed by atoms with Gasteiger partial charge >= 0.3 is 0 Å². The molecule has 25 atom stereocenters. The second-order valence-electron chi connectivity index (χ2n) is 13.9. The molecule has 0 aromatic rings. The van der Waals surface area contributed by atoms with Gasteiger partial charge < -0.3 is 129 Å². The summed E-state index contributed by atoms with van der Waals surface area (Å²) in [6.07, 6.45) is -48.8. The summed E-state index contributed by atoms with van der Waals surface area (Å²) < 4.78 is 50.6. The van der Waals surface area contributed by atoms with Crippen LogP contribution in [0, 0.1) is 0 Å². The Morgan fingerprint density at radius 2 is 0.589 bits per heavy atom. The lowest BCUT2D eigenvalue weighted by Crippen LogP contribution is -2.69. The number of rotatable bonds is 13. The summed E-state index contributed by atoms with van der Waals surface area (Å²) in [6.45, 7) is -4.75. The fourth-order valence-corrected chi connectivity index (χ4v) is 6.97. The molecule has 5 fully saturated rings. The quantitative estimate of drug-likeness (QED) is 0.0819. The zero-order valence-electron chi connectivity index (χ0n) is 29.2. The van der Waals surface area contributed by atoms with Crippen molar-refractivity contribution >= 4 is 0 Å². The van der Waals surface area contributed by atoms with Gasteiger partial charge in [0.15, 0.2) is 31.5 Å². The highest BCUT2D eigenvalue weighted by atomic mass is 16.8. The van der Waals surface area contributed by atoms with Crippen LogP contribution in [-0.4, -0.2) is 273 Å². The van der Waals surface area contributed by atoms with E-state index in [-0.39, 0.29) is 0 Å². The maximum atomic E-state index is 11.4. The molecule has 0 bridgehead atoms. The van der Waals surface area contributed by atoms with E-state index in [9.17, 15) is 86.8 Å². The molecule has 328 valence electrons. The minimum atomic E-state index is -2.14. The standard InChI is InChI=1S/C30H52O26/c31-1-6-11(36)16(41)19(44)27(49-6)54-23-15(40)10(5-35)52-30(53-22-14(39)9(4-34)48-26(47)21(22)46)25(23)56-29-24(18(43)13(38)8(3-33)51-29)55-28-20(45)17(42)12(37)7(2-32)50-28/h6-47H,1-5H2/t6-,7-,8-,9-,10-,11-,12+,13+,14-,15-,16+,17+,18+,19-,20-,21-,22+,23+,24-,25-,26?,27?,28?,29?,30?/m1/s1. The fraction of sp³-hybridized carbons (Fsp3) is 1.00. The van der Waals surface area contributed by atoms with Crippen LogP contribution in [-0.2, 0) is 42.6 Å². The largest absolute Gasteiger partial charge is 0.394 e. The van der Waals surface area contributed by atoms with Gasteiger partial charge in [-0.3, -0.25) is 0 Å². The molecule has 5 unspecified atom stereocenters. The molecule has 0 aromatic carbocycles. The molecular weight excluding hydrogens is 776 g/mol. The first-order valence-corrected chi connectivity index (χ1v) is 17.6. The normalized spacial score (nSPS) is 53.2. The minimum absolute atomic E-state index is 0.904. The molecular formula is C30H52O26. The summed E-state index contributed by atoms with van der Waals surface area (Å²) in [7, 11) is 0. The van der Waals surface area contributed by atoms with Crippen LogP contribution in [0.25, 0.3) is 0 Å². The molecule has 0 spiro atoms. The average Bonchev–Trinajstić information content (AvgIpc) is 3.19. The van der Waals surface area contributed by atoms with Crippen molar-refractivity contribution in [2.75, 3.05) is 33.0 Å². The zero-order chi connectivity index (χ0) is 41.3. The smallest absolute Gasteiger partial charge is 0.187 e. The van der Waals surface area contributed by atoms with Crippen molar-refractivity contribution in [3.8, 4) is 0 Å². The van der Waals surface area contributed by atoms with Gasteiger partial charge in [-0.05, 0) is 0 Å². The minimum Gasteiger partial charge on any atom is -0.394 e. The zero-order valence-corrected chi connectivity index (χ0v) is 29.2. The number of aliphatic hydroxyl groups excluding tert-OH is 17. The summed E-state index contributed by atoms with van der Waals surface area (Å²) in [5.74, 6) is 0. The van der Waals surface area contributed by atoms with Crippen LogP contribution < -0.4 is 0 Å². The molecule has 26 nitrogen and oxygen atoms in total. The van der Waals surface area contributed by atoms with Crippen LogP contribution in [0.5, 0.6) is 0 Å². The van der Waals surface area contributed by atoms with E-state index in [0.29, 0.717) is 0 Å². The molecule has 5 saturated heterocycles. The second-order valence-corrected chi connectivity index (χ2v) is 13.9. The van der Waals surface area contributed by atoms with E-state index in [1.165, 1.54) is 0 Å². The van der Waals surface area contributed by atoms with Crippen LogP contribution in [0.1, 0.15) is 0 Å². The Bertz CT molecular complexity index is 1200. The third-order valence-electron chi connectivity index (χ3n) is 10.3. The van der Waals surface area contributed by atoms with Crippen LogP contribution in [0.2, 0.25) is 0 Å². The highest BCUT2D eigenvalue weighted by Gasteiger charge is 2.58. The lowest BCUT2D eigenvalue weighted by atomic mass is 9.95. The summed E-state index contributed by atoms with van der Waals surface area (Å²) in [4.78, 5) is 0. The molecule has 0 amide bonds. The molecule has 0 radical (unpaired) electrons. The van der Waals surface area contributed by atoms with E-state index in [2.05, 4.69) is 0 Å². The van der Waals surface area contributed by atoms with E-state index in [0.717, 1.165) is 0 Å². The first-order chi connectivity index (χ1) is 26.5. The Hall–Kier alpha value is -1.04. The SMILES string of the molecule is OC[C@H]1OC(O[C@H]2C(O[C@H]3C(O[C@H]4[C@H](O)[C@@H](CO)OC(O)[C@@H]4O)O[C@H](CO)[C@@H](O)[C@@H]3OC3O[C@H](CO)[C@@H](O)[C@H](O)[C@H]3O)O[C@H](CO)[C@H](O)[C@@H]2O)[C@H](O)[C@@H](O)[C@H]1O. The highest BCUT2D eigenvalue weighted by molar-refractivity contribution is 4.99. The van der Waals surface area contributed by atoms with Gasteiger partial charge in [0, 0.05) is 0 Å². The Balaban J connectivity index is 1.54. The molecule has 26 heteroatoms. The van der Waals surface area contributed by atoms with Gasteiger partial charge in [0.1, 0.15) is 122 Å². The highest BCUT2D eigenvalue weighted by Crippen LogP contribution is 2.37. The molecule has 0 aliphatic carbocycles. The van der Waals surface area contributed by atoms with Gasteiger partial charge in [-0.25, -0.2) is 0 Å². The van der Waals surface area contributed by atoms with Crippen LogP contribution in [0.15, 0.2) is 0 Å². The second kappa shape index (κ2) is 19.6. The molecule has 17 N–H and O–H groups in total. The molecule has 56 heavy (non-hydrogen) atoms. The number of hydrogen-bond acceptors (Lipinski definition) is 26. The van der Waals surface area contributed by atoms with Gasteiger partial charge in [-0.15, -0.1) is 0 Å². The van der Waals surface area contributed by atoms with E-state index >= 15 is 0 Å². The van der Waals surface area contributed by atoms with Gasteiger partial charge in [0.05, 0.1) is 33.0 Å². The monoisotopic (exact) mass is 828 g/mol. The number of hydrogen-bond donors (Lipinski definition) is 17. The van der Waals surface area contributed by atoms with Gasteiger partial charge in [-0.2, -0.15) is 0 Å². The van der Waals surface area contributed by atoms with Gasteiger partial charge in [0.2, 0.25) is 0 Å². The maximum absolute atomic E-state index is 11.4. The first kappa shape index (κ1) is 46.0. The topological polar surface area (TPSA) is 427 Å². The van der Waals surface area contributed by atoms with Crippen LogP contribution in [0.4, 0.5) is 0 Å². The van der Waals surface area contributed by atoms with Crippen molar-refractivity contribution in [1.82, 2.24) is 0 Å². The lowest BCUT2D eigenvalue weighted by molar-refractivity contribution is -0.415. The molecule has 0 aromatic heterocycles. The van der Waals surface area contributed by atoms with Crippen molar-refractivity contribution in [2.45, 2.75) is 154 Å². The average molecular weight is 829 g/mol. The molecule has 5 aliphatic rings. The Morgan fingerprint density at radius 3 is 1.05 bits per heavy atom. The van der Waals surface area contributed by atoms with Crippen molar-refractivity contribution in [3.63, 3.8) is 0 Å². The fourth-order valence-electron chi connectivity index (χ4n) is 6.97. The maximum Gasteiger partial charge on any atom is 0.187 e. The predicted octanol–water partition coefficient (Wildman–Crippen LogP) is -11.9. The Labute approximate surface area is 316 Å². The van der Waals surface area contributed by atoms with Crippen molar-refractivity contribution in [3.05, 3.63) is 0 Å². The Morgan fingerprint density at radius 1 is 0.268 bits per heavy atom. The summed E-state index contributed by atoms with van der Waals surface area (Å²) >= 11 is 0. The van der Waals surface area contributed by atoms with E-state index in [4.69, 9.17) is 42.6 Å². The van der Waals surface area contributed by atoms with Crippen LogP contribution >= 0.6 is 0 Å². The Kier molecular flexibility index (Phi) is 16.1. The molecule has 5 rings (SSSR count). The lowest BCUT2D eigenvalue weighted by Gasteiger charge is -2.51. The first-order valence-electron chi connectivity index (χ1n) is 17.6. The van der Waals surface area contributed by atoms with Crippen molar-refractivity contribution in [1.29, 1.82) is 0 Å². The van der Waals surface area contributed by atoms with E-state index in [1.807, 2.05) is 0 Å². The van der Waals surface area contributed by atoms with Crippen LogP contribution in [0.3, 0.4) is 0 Å². The van der Waals surface area contributed by atoms with E-state index < -0.39 is 187 Å². The van der Waals surface area contributed by atoms with Crippen molar-refractivity contribution in [2.24, 2.45) is 0 Å². The van der Waals surface area contributed by atoms with Crippen molar-refractivity contribution < 1.29 is 129 Å². The van der Waals surface area contributed by atoms with Gasteiger partial charge in [0.25, 0.3) is 0 Å². The molecule has 5 heterocycles. The summed E-state index contributed by atoms with van der Waals surface area (Å²) in [6, 6.07) is 0. The molecule has 0 saturated carbocycles. The third-order valence-corrected chi connectivity index (χ3v) is 10.3. The summed E-state index contributed by atoms with van der Waals surface area (Å²) in [5.41, 5.74) is 0. The third kappa shape index (κ3) is 9.16. The number of ether oxygens (including phenoxy) is 9. The molecule has 5 aliphatic heterocycles.